The van der Waals surface area contributed by atoms with Gasteiger partial charge in [-0.3, -0.25) is 10.1 Å². The van der Waals surface area contributed by atoms with Crippen LogP contribution in [0.25, 0.3) is 0 Å². The molecule has 0 fully saturated rings. The van der Waals surface area contributed by atoms with Gasteiger partial charge in [-0.25, -0.2) is 0 Å². The summed E-state index contributed by atoms with van der Waals surface area (Å²) in [5, 5.41) is 20.3. The molecular weight excluding hydrogens is 308 g/mol. The highest BCUT2D eigenvalue weighted by molar-refractivity contribution is 7.99. The van der Waals surface area contributed by atoms with Crippen LogP contribution in [-0.2, 0) is 5.41 Å². The van der Waals surface area contributed by atoms with Crippen LogP contribution in [0.3, 0.4) is 0 Å². The number of rotatable bonds is 5. The number of nitro groups is 1. The van der Waals surface area contributed by atoms with E-state index in [1.165, 1.54) is 23.4 Å². The molecular formula is C18H18N2O2S. The number of nitrogens with zero attached hydrogens (tertiary/aromatic N) is 2. The fourth-order valence-corrected chi connectivity index (χ4v) is 3.10. The van der Waals surface area contributed by atoms with E-state index >= 15 is 0 Å². The Hall–Kier alpha value is -2.32. The third-order valence-electron chi connectivity index (χ3n) is 4.06. The first-order chi connectivity index (χ1) is 10.9. The molecule has 5 heteroatoms. The van der Waals surface area contributed by atoms with Crippen LogP contribution >= 0.6 is 11.8 Å². The van der Waals surface area contributed by atoms with Gasteiger partial charge in [0.2, 0.25) is 0 Å². The summed E-state index contributed by atoms with van der Waals surface area (Å²) >= 11 is 1.37. The average Bonchev–Trinajstić information content (AvgIpc) is 2.55. The molecule has 4 nitrogen and oxygen atoms in total. The van der Waals surface area contributed by atoms with Crippen molar-refractivity contribution < 1.29 is 4.92 Å². The van der Waals surface area contributed by atoms with Crippen molar-refractivity contribution in [1.29, 1.82) is 5.26 Å². The van der Waals surface area contributed by atoms with Crippen LogP contribution in [0.15, 0.2) is 52.3 Å². The fraction of sp³-hybridized carbons (Fsp3) is 0.278. The predicted molar refractivity (Wildman–Crippen MR) is 91.7 cm³/mol. The molecule has 0 aromatic heterocycles. The number of nitro benzene ring substituents is 1. The van der Waals surface area contributed by atoms with Crippen molar-refractivity contribution in [3.63, 3.8) is 0 Å². The molecule has 2 aromatic rings. The highest BCUT2D eigenvalue weighted by atomic mass is 32.2. The molecule has 0 bridgehead atoms. The lowest BCUT2D eigenvalue weighted by molar-refractivity contribution is -0.385. The van der Waals surface area contributed by atoms with Crippen LogP contribution in [0.1, 0.15) is 38.3 Å². The van der Waals surface area contributed by atoms with E-state index in [0.717, 1.165) is 11.3 Å². The summed E-state index contributed by atoms with van der Waals surface area (Å²) in [6.45, 7) is 6.55. The van der Waals surface area contributed by atoms with Crippen molar-refractivity contribution in [3.8, 4) is 6.07 Å². The Morgan fingerprint density at radius 3 is 2.39 bits per heavy atom. The van der Waals surface area contributed by atoms with E-state index in [1.807, 2.05) is 18.2 Å². The number of hydrogen-bond donors (Lipinski definition) is 0. The molecule has 0 unspecified atom stereocenters. The minimum absolute atomic E-state index is 0.112. The molecule has 118 valence electrons. The van der Waals surface area contributed by atoms with Crippen LogP contribution in [0.5, 0.6) is 0 Å². The normalized spacial score (nSPS) is 11.0. The SMILES string of the molecule is CCC(C)(C)c1ccc(Sc2cccc([N+](=O)[O-])c2C#N)cc1. The standard InChI is InChI=1S/C18H18N2O2S/c1-4-18(2,3)13-8-10-14(11-9-13)23-17-7-5-6-16(20(21)22)15(17)12-19/h5-11H,4H2,1-3H3. The van der Waals surface area contributed by atoms with Gasteiger partial charge in [0.1, 0.15) is 11.6 Å². The van der Waals surface area contributed by atoms with E-state index in [0.29, 0.717) is 4.90 Å². The van der Waals surface area contributed by atoms with Crippen molar-refractivity contribution in [2.75, 3.05) is 0 Å². The van der Waals surface area contributed by atoms with E-state index in [-0.39, 0.29) is 16.7 Å². The van der Waals surface area contributed by atoms with E-state index in [4.69, 9.17) is 0 Å². The van der Waals surface area contributed by atoms with Gasteiger partial charge in [-0.2, -0.15) is 5.26 Å². The summed E-state index contributed by atoms with van der Waals surface area (Å²) in [5.41, 5.74) is 1.33. The summed E-state index contributed by atoms with van der Waals surface area (Å²) in [6, 6.07) is 14.8. The van der Waals surface area contributed by atoms with Gasteiger partial charge in [-0.1, -0.05) is 50.7 Å². The lowest BCUT2D eigenvalue weighted by atomic mass is 9.82. The molecule has 0 amide bonds. The Kier molecular flexibility index (Phi) is 5.07. The summed E-state index contributed by atoms with van der Waals surface area (Å²) in [4.78, 5) is 12.1. The maximum Gasteiger partial charge on any atom is 0.288 e. The third-order valence-corrected chi connectivity index (χ3v) is 5.13. The lowest BCUT2D eigenvalue weighted by Crippen LogP contribution is -2.14. The molecule has 0 atom stereocenters. The topological polar surface area (TPSA) is 66.9 Å². The smallest absolute Gasteiger partial charge is 0.258 e. The van der Waals surface area contributed by atoms with Crippen molar-refractivity contribution in [2.24, 2.45) is 0 Å². The summed E-state index contributed by atoms with van der Waals surface area (Å²) < 4.78 is 0. The second-order valence-electron chi connectivity index (χ2n) is 5.88. The molecule has 0 spiro atoms. The molecule has 0 radical (unpaired) electrons. The van der Waals surface area contributed by atoms with Crippen molar-refractivity contribution in [3.05, 3.63) is 63.7 Å². The molecule has 23 heavy (non-hydrogen) atoms. The van der Waals surface area contributed by atoms with Gasteiger partial charge in [-0.05, 0) is 35.6 Å². The van der Waals surface area contributed by atoms with E-state index in [2.05, 4.69) is 32.9 Å². The maximum absolute atomic E-state index is 11.0. The molecule has 0 aliphatic carbocycles. The summed E-state index contributed by atoms with van der Waals surface area (Å²) in [5.74, 6) is 0. The quantitative estimate of drug-likeness (QED) is 0.552. The number of nitriles is 1. The first-order valence-corrected chi connectivity index (χ1v) is 8.16. The van der Waals surface area contributed by atoms with Crippen molar-refractivity contribution >= 4 is 17.4 Å². The van der Waals surface area contributed by atoms with Crippen LogP contribution in [-0.4, -0.2) is 4.92 Å². The minimum Gasteiger partial charge on any atom is -0.258 e. The Labute approximate surface area is 140 Å². The van der Waals surface area contributed by atoms with Gasteiger partial charge in [0, 0.05) is 15.9 Å². The van der Waals surface area contributed by atoms with E-state index < -0.39 is 4.92 Å². The highest BCUT2D eigenvalue weighted by Gasteiger charge is 2.19. The summed E-state index contributed by atoms with van der Waals surface area (Å²) in [7, 11) is 0. The zero-order valence-electron chi connectivity index (χ0n) is 13.4. The van der Waals surface area contributed by atoms with Crippen LogP contribution in [0.4, 0.5) is 5.69 Å². The molecule has 0 saturated heterocycles. The van der Waals surface area contributed by atoms with E-state index in [1.54, 1.807) is 12.1 Å². The van der Waals surface area contributed by atoms with Gasteiger partial charge in [0.05, 0.1) is 4.92 Å². The molecule has 0 saturated carbocycles. The Bertz CT molecular complexity index is 762. The number of hydrogen-bond acceptors (Lipinski definition) is 4. The second kappa shape index (κ2) is 6.84. The van der Waals surface area contributed by atoms with Gasteiger partial charge in [0.25, 0.3) is 5.69 Å². The van der Waals surface area contributed by atoms with Gasteiger partial charge in [-0.15, -0.1) is 0 Å². The maximum atomic E-state index is 11.0. The molecule has 2 aromatic carbocycles. The highest BCUT2D eigenvalue weighted by Crippen LogP contribution is 2.35. The van der Waals surface area contributed by atoms with Crippen molar-refractivity contribution in [1.82, 2.24) is 0 Å². The molecule has 0 aliphatic heterocycles. The van der Waals surface area contributed by atoms with Crippen LogP contribution in [0, 0.1) is 21.4 Å². The minimum atomic E-state index is -0.518. The average molecular weight is 326 g/mol. The molecule has 0 N–H and O–H groups in total. The zero-order valence-corrected chi connectivity index (χ0v) is 14.2. The van der Waals surface area contributed by atoms with Gasteiger partial charge >= 0.3 is 0 Å². The van der Waals surface area contributed by atoms with Gasteiger partial charge in [0.15, 0.2) is 0 Å². The first-order valence-electron chi connectivity index (χ1n) is 7.35. The lowest BCUT2D eigenvalue weighted by Gasteiger charge is -2.23. The van der Waals surface area contributed by atoms with Crippen molar-refractivity contribution in [2.45, 2.75) is 42.4 Å². The molecule has 0 heterocycles. The predicted octanol–water partition coefficient (Wildman–Crippen LogP) is 5.31. The van der Waals surface area contributed by atoms with E-state index in [9.17, 15) is 15.4 Å². The fourth-order valence-electron chi connectivity index (χ4n) is 2.17. The van der Waals surface area contributed by atoms with Gasteiger partial charge < -0.3 is 0 Å². The van der Waals surface area contributed by atoms with Crippen LogP contribution in [0.2, 0.25) is 0 Å². The molecule has 2 rings (SSSR count). The summed E-state index contributed by atoms with van der Waals surface area (Å²) in [6.07, 6.45) is 1.04. The Morgan fingerprint density at radius 1 is 1.22 bits per heavy atom. The monoisotopic (exact) mass is 326 g/mol. The number of benzene rings is 2. The first kappa shape index (κ1) is 17.0. The Balaban J connectivity index is 2.32. The Morgan fingerprint density at radius 2 is 1.87 bits per heavy atom. The molecule has 0 aliphatic rings. The largest absolute Gasteiger partial charge is 0.288 e. The van der Waals surface area contributed by atoms with Crippen LogP contribution < -0.4 is 0 Å². The second-order valence-corrected chi connectivity index (χ2v) is 7.00. The zero-order chi connectivity index (χ0) is 17.0. The third kappa shape index (κ3) is 3.72.